The van der Waals surface area contributed by atoms with Crippen LogP contribution in [0.25, 0.3) is 11.1 Å². The second-order valence-electron chi connectivity index (χ2n) is 8.56. The monoisotopic (exact) mass is 418 g/mol. The van der Waals surface area contributed by atoms with Gasteiger partial charge in [-0.15, -0.1) is 11.3 Å². The van der Waals surface area contributed by atoms with Crippen LogP contribution in [0.5, 0.6) is 5.75 Å². The molecule has 3 aromatic rings. The third kappa shape index (κ3) is 4.18. The van der Waals surface area contributed by atoms with E-state index in [0.29, 0.717) is 12.1 Å². The molecule has 2 atom stereocenters. The van der Waals surface area contributed by atoms with Gasteiger partial charge in [-0.1, -0.05) is 42.5 Å². The first-order valence-corrected chi connectivity index (χ1v) is 11.9. The van der Waals surface area contributed by atoms with Crippen molar-refractivity contribution in [3.63, 3.8) is 0 Å². The molecule has 4 heterocycles. The second kappa shape index (κ2) is 8.93. The number of thiophene rings is 1. The van der Waals surface area contributed by atoms with Crippen molar-refractivity contribution >= 4 is 11.3 Å². The molecule has 1 aromatic heterocycles. The molecule has 3 nitrogen and oxygen atoms in total. The van der Waals surface area contributed by atoms with Crippen molar-refractivity contribution in [2.24, 2.45) is 5.92 Å². The van der Waals surface area contributed by atoms with E-state index in [1.54, 1.807) is 7.11 Å². The lowest BCUT2D eigenvalue weighted by molar-refractivity contribution is 0.0128. The van der Waals surface area contributed by atoms with Crippen LogP contribution < -0.4 is 10.1 Å². The number of methoxy groups -OCH3 is 1. The molecule has 0 spiro atoms. The highest BCUT2D eigenvalue weighted by atomic mass is 32.1. The fraction of sp³-hybridized carbons (Fsp3) is 0.385. The van der Waals surface area contributed by atoms with Gasteiger partial charge >= 0.3 is 0 Å². The van der Waals surface area contributed by atoms with Crippen molar-refractivity contribution in [2.75, 3.05) is 20.2 Å². The standard InChI is InChI=1S/C26H30N2OS/c1-29-23-5-2-4-22(17-23)20-9-7-19(8-10-20)16-25-26(21-11-13-28(25)14-12-21)27-18-24-6-3-15-30-24/h2-10,15,17,21,25-27H,11-14,16,18H2,1H3. The highest BCUT2D eigenvalue weighted by Crippen LogP contribution is 2.34. The molecule has 3 aliphatic rings. The Bertz CT molecular complexity index is 945. The molecule has 0 saturated carbocycles. The number of ether oxygens (including phenoxy) is 1. The summed E-state index contributed by atoms with van der Waals surface area (Å²) in [5.74, 6) is 1.72. The number of hydrogen-bond donors (Lipinski definition) is 1. The van der Waals surface area contributed by atoms with E-state index < -0.39 is 0 Å². The number of nitrogens with zero attached hydrogens (tertiary/aromatic N) is 1. The zero-order valence-electron chi connectivity index (χ0n) is 17.6. The van der Waals surface area contributed by atoms with Gasteiger partial charge in [0.25, 0.3) is 0 Å². The average molecular weight is 419 g/mol. The van der Waals surface area contributed by atoms with E-state index in [4.69, 9.17) is 4.74 Å². The summed E-state index contributed by atoms with van der Waals surface area (Å²) in [6.07, 6.45) is 3.80. The van der Waals surface area contributed by atoms with Crippen LogP contribution in [-0.4, -0.2) is 37.2 Å². The highest BCUT2D eigenvalue weighted by molar-refractivity contribution is 7.09. The number of nitrogens with one attached hydrogen (secondary N) is 1. The zero-order valence-corrected chi connectivity index (χ0v) is 18.4. The third-order valence-electron chi connectivity index (χ3n) is 6.86. The van der Waals surface area contributed by atoms with E-state index in [0.717, 1.165) is 24.6 Å². The van der Waals surface area contributed by atoms with Crippen molar-refractivity contribution < 1.29 is 4.74 Å². The zero-order chi connectivity index (χ0) is 20.3. The topological polar surface area (TPSA) is 24.5 Å². The van der Waals surface area contributed by atoms with E-state index in [9.17, 15) is 0 Å². The van der Waals surface area contributed by atoms with Crippen molar-refractivity contribution in [1.29, 1.82) is 0 Å². The van der Waals surface area contributed by atoms with E-state index in [-0.39, 0.29) is 0 Å². The molecule has 3 saturated heterocycles. The van der Waals surface area contributed by atoms with Crippen LogP contribution in [0.1, 0.15) is 23.3 Å². The minimum Gasteiger partial charge on any atom is -0.497 e. The molecule has 2 aromatic carbocycles. The fourth-order valence-electron chi connectivity index (χ4n) is 5.22. The van der Waals surface area contributed by atoms with E-state index >= 15 is 0 Å². The maximum absolute atomic E-state index is 5.38. The SMILES string of the molecule is COc1cccc(-c2ccc(CC3C(NCc4cccs4)C4CCN3CC4)cc2)c1. The Hall–Kier alpha value is -2.14. The lowest BCUT2D eigenvalue weighted by atomic mass is 9.76. The maximum atomic E-state index is 5.38. The molecule has 156 valence electrons. The van der Waals surface area contributed by atoms with Crippen LogP contribution in [0.2, 0.25) is 0 Å². The smallest absolute Gasteiger partial charge is 0.119 e. The number of piperidine rings is 3. The molecule has 0 aliphatic carbocycles. The minimum absolute atomic E-state index is 0.590. The summed E-state index contributed by atoms with van der Waals surface area (Å²) in [5, 5.41) is 6.11. The summed E-state index contributed by atoms with van der Waals surface area (Å²) < 4.78 is 5.38. The molecule has 6 rings (SSSR count). The molecule has 3 fully saturated rings. The van der Waals surface area contributed by atoms with Gasteiger partial charge in [-0.25, -0.2) is 0 Å². The van der Waals surface area contributed by atoms with Crippen LogP contribution in [0, 0.1) is 5.92 Å². The number of fused-ring (bicyclic) bond motifs is 3. The summed E-state index contributed by atoms with van der Waals surface area (Å²) in [6, 6.07) is 23.0. The first-order valence-electron chi connectivity index (χ1n) is 11.0. The molecular formula is C26H30N2OS. The fourth-order valence-corrected chi connectivity index (χ4v) is 5.87. The highest BCUT2D eigenvalue weighted by Gasteiger charge is 2.41. The van der Waals surface area contributed by atoms with Crippen LogP contribution in [0.3, 0.4) is 0 Å². The molecule has 0 radical (unpaired) electrons. The quantitative estimate of drug-likeness (QED) is 0.569. The van der Waals surface area contributed by atoms with Crippen LogP contribution in [-0.2, 0) is 13.0 Å². The maximum Gasteiger partial charge on any atom is 0.119 e. The minimum atomic E-state index is 0.590. The Morgan fingerprint density at radius 3 is 2.57 bits per heavy atom. The molecule has 2 unspecified atom stereocenters. The Morgan fingerprint density at radius 1 is 1.00 bits per heavy atom. The van der Waals surface area contributed by atoms with Gasteiger partial charge in [0.15, 0.2) is 0 Å². The number of hydrogen-bond acceptors (Lipinski definition) is 4. The van der Waals surface area contributed by atoms with Crippen molar-refractivity contribution in [3.05, 3.63) is 76.5 Å². The summed E-state index contributed by atoms with van der Waals surface area (Å²) >= 11 is 1.85. The third-order valence-corrected chi connectivity index (χ3v) is 7.74. The molecule has 1 N–H and O–H groups in total. The number of rotatable bonds is 7. The van der Waals surface area contributed by atoms with E-state index in [1.165, 1.54) is 47.5 Å². The molecule has 2 bridgehead atoms. The van der Waals surface area contributed by atoms with Gasteiger partial charge in [0, 0.05) is 23.5 Å². The molecule has 3 aliphatic heterocycles. The Morgan fingerprint density at radius 2 is 1.83 bits per heavy atom. The molecule has 30 heavy (non-hydrogen) atoms. The first kappa shape index (κ1) is 19.8. The first-order chi connectivity index (χ1) is 14.8. The van der Waals surface area contributed by atoms with E-state index in [1.807, 2.05) is 17.4 Å². The Labute approximate surface area is 183 Å². The van der Waals surface area contributed by atoms with Gasteiger partial charge in [-0.3, -0.25) is 4.90 Å². The van der Waals surface area contributed by atoms with Gasteiger partial charge in [-0.2, -0.15) is 0 Å². The normalized spacial score (nSPS) is 25.4. The predicted octanol–water partition coefficient (Wildman–Crippen LogP) is 5.22. The van der Waals surface area contributed by atoms with Crippen molar-refractivity contribution in [1.82, 2.24) is 10.2 Å². The van der Waals surface area contributed by atoms with Gasteiger partial charge in [0.05, 0.1) is 7.11 Å². The van der Waals surface area contributed by atoms with Gasteiger partial charge < -0.3 is 10.1 Å². The molecule has 4 heteroatoms. The average Bonchev–Trinajstić information content (AvgIpc) is 3.33. The predicted molar refractivity (Wildman–Crippen MR) is 125 cm³/mol. The summed E-state index contributed by atoms with van der Waals surface area (Å²) in [6.45, 7) is 3.51. The molecule has 0 amide bonds. The summed E-state index contributed by atoms with van der Waals surface area (Å²) in [5.41, 5.74) is 3.88. The van der Waals surface area contributed by atoms with Gasteiger partial charge in [0.2, 0.25) is 0 Å². The van der Waals surface area contributed by atoms with E-state index in [2.05, 4.69) is 70.2 Å². The summed E-state index contributed by atoms with van der Waals surface area (Å²) in [7, 11) is 1.72. The summed E-state index contributed by atoms with van der Waals surface area (Å²) in [4.78, 5) is 4.16. The van der Waals surface area contributed by atoms with Gasteiger partial charge in [-0.05, 0) is 78.5 Å². The van der Waals surface area contributed by atoms with Crippen LogP contribution >= 0.6 is 11.3 Å². The number of benzene rings is 2. The molecular weight excluding hydrogens is 388 g/mol. The van der Waals surface area contributed by atoms with Crippen molar-refractivity contribution in [2.45, 2.75) is 37.9 Å². The largest absolute Gasteiger partial charge is 0.497 e. The second-order valence-corrected chi connectivity index (χ2v) is 9.59. The van der Waals surface area contributed by atoms with Crippen molar-refractivity contribution in [3.8, 4) is 16.9 Å². The lowest BCUT2D eigenvalue weighted by Gasteiger charge is -2.51. The lowest BCUT2D eigenvalue weighted by Crippen LogP contribution is -2.63. The Balaban J connectivity index is 1.30. The van der Waals surface area contributed by atoms with Crippen LogP contribution in [0.4, 0.5) is 0 Å². The Kier molecular flexibility index (Phi) is 5.89. The van der Waals surface area contributed by atoms with Crippen LogP contribution in [0.15, 0.2) is 66.0 Å². The van der Waals surface area contributed by atoms with Gasteiger partial charge in [0.1, 0.15) is 5.75 Å².